The first-order valence-electron chi connectivity index (χ1n) is 17.2. The van der Waals surface area contributed by atoms with Crippen molar-refractivity contribution in [2.24, 2.45) is 10.8 Å². The van der Waals surface area contributed by atoms with Gasteiger partial charge in [0, 0.05) is 71.7 Å². The Morgan fingerprint density at radius 2 is 1.58 bits per heavy atom. The Morgan fingerprint density at radius 3 is 2.23 bits per heavy atom. The number of furan rings is 1. The van der Waals surface area contributed by atoms with Crippen molar-refractivity contribution < 1.29 is 39.2 Å². The molecule has 3 aromatic carbocycles. The summed E-state index contributed by atoms with van der Waals surface area (Å²) in [7, 11) is 0. The van der Waals surface area contributed by atoms with Crippen LogP contribution in [0.4, 0.5) is 0 Å². The number of fused-ring (bicyclic) bond motifs is 6. The Hall–Kier alpha value is -3.47. The summed E-state index contributed by atoms with van der Waals surface area (Å²) < 4.78 is 12.1. The van der Waals surface area contributed by atoms with Crippen LogP contribution >= 0.6 is 0 Å². The first-order valence-corrected chi connectivity index (χ1v) is 17.2. The van der Waals surface area contributed by atoms with Crippen LogP contribution in [0.15, 0.2) is 71.0 Å². The molecular formula is C42H50IrNO4-. The van der Waals surface area contributed by atoms with E-state index in [1.807, 2.05) is 59.9 Å². The fourth-order valence-electron chi connectivity index (χ4n) is 6.35. The van der Waals surface area contributed by atoms with E-state index in [1.165, 1.54) is 22.6 Å². The van der Waals surface area contributed by atoms with Gasteiger partial charge in [-0.05, 0) is 49.3 Å². The predicted octanol–water partition coefficient (Wildman–Crippen LogP) is 11.5. The zero-order valence-corrected chi connectivity index (χ0v) is 32.4. The number of ether oxygens (including phenoxy) is 1. The molecule has 0 spiro atoms. The van der Waals surface area contributed by atoms with E-state index in [2.05, 4.69) is 63.2 Å². The summed E-state index contributed by atoms with van der Waals surface area (Å²) in [5.41, 5.74) is 5.44. The van der Waals surface area contributed by atoms with Crippen LogP contribution in [0.2, 0.25) is 0 Å². The molecule has 0 saturated carbocycles. The van der Waals surface area contributed by atoms with Gasteiger partial charge in [0.25, 0.3) is 0 Å². The molecule has 1 N–H and O–H groups in total. The molecule has 0 saturated heterocycles. The van der Waals surface area contributed by atoms with Gasteiger partial charge in [-0.1, -0.05) is 91.5 Å². The zero-order chi connectivity index (χ0) is 34.1. The number of carbonyl (C=O) groups is 1. The normalized spacial score (nSPS) is 13.6. The maximum atomic E-state index is 12.2. The van der Waals surface area contributed by atoms with Gasteiger partial charge in [0.1, 0.15) is 22.7 Å². The number of hydrogen-bond acceptors (Lipinski definition) is 5. The summed E-state index contributed by atoms with van der Waals surface area (Å²) in [6.45, 7) is 19.6. The maximum Gasteiger partial charge on any atom is 0.164 e. The Bertz CT molecular complexity index is 1950. The van der Waals surface area contributed by atoms with Gasteiger partial charge in [0.15, 0.2) is 5.78 Å². The zero-order valence-electron chi connectivity index (χ0n) is 30.0. The number of allylic oxidation sites excluding steroid dienone is 2. The molecule has 6 rings (SSSR count). The van der Waals surface area contributed by atoms with Crippen molar-refractivity contribution in [2.75, 3.05) is 6.61 Å². The third-order valence-electron chi connectivity index (χ3n) is 10.7. The number of nitrogens with zero attached hydrogens (tertiary/aromatic N) is 1. The van der Waals surface area contributed by atoms with Crippen molar-refractivity contribution in [1.29, 1.82) is 0 Å². The van der Waals surface area contributed by atoms with Crippen molar-refractivity contribution in [3.8, 4) is 17.0 Å². The number of rotatable bonds is 8. The van der Waals surface area contributed by atoms with Crippen LogP contribution in [-0.2, 0) is 36.7 Å². The Labute approximate surface area is 299 Å². The molecule has 5 nitrogen and oxygen atoms in total. The fraction of sp³-hybridized carbons (Fsp3) is 0.429. The number of carbonyl (C=O) groups excluding carboxylic acids is 1. The molecule has 1 aliphatic rings. The minimum Gasteiger partial charge on any atom is -0.512 e. The van der Waals surface area contributed by atoms with Crippen LogP contribution in [0, 0.1) is 16.9 Å². The largest absolute Gasteiger partial charge is 0.512 e. The summed E-state index contributed by atoms with van der Waals surface area (Å²) >= 11 is 0. The minimum absolute atomic E-state index is 0. The monoisotopic (exact) mass is 825 g/mol. The van der Waals surface area contributed by atoms with E-state index in [-0.39, 0.29) is 47.9 Å². The second kappa shape index (κ2) is 14.6. The molecule has 6 heteroatoms. The summed E-state index contributed by atoms with van der Waals surface area (Å²) in [5, 5.41) is 14.7. The number of pyridine rings is 1. The van der Waals surface area contributed by atoms with Crippen LogP contribution in [-0.4, -0.2) is 22.5 Å². The molecule has 1 aliphatic heterocycles. The van der Waals surface area contributed by atoms with E-state index >= 15 is 0 Å². The third-order valence-corrected chi connectivity index (χ3v) is 10.7. The smallest absolute Gasteiger partial charge is 0.164 e. The molecule has 48 heavy (non-hydrogen) atoms. The summed E-state index contributed by atoms with van der Waals surface area (Å²) in [4.78, 5) is 16.9. The second-order valence-electron chi connectivity index (χ2n) is 14.5. The molecule has 0 aliphatic carbocycles. The number of aliphatic hydroxyl groups excluding tert-OH is 1. The van der Waals surface area contributed by atoms with Gasteiger partial charge >= 0.3 is 0 Å². The fourth-order valence-corrected chi connectivity index (χ4v) is 6.35. The van der Waals surface area contributed by atoms with Gasteiger partial charge in [0.2, 0.25) is 0 Å². The summed E-state index contributed by atoms with van der Waals surface area (Å²) in [5.74, 6) is 1.25. The number of aliphatic hydroxyl groups is 1. The molecule has 5 aromatic rings. The number of ketones is 1. The first kappa shape index (κ1) is 37.3. The van der Waals surface area contributed by atoms with Gasteiger partial charge < -0.3 is 14.3 Å². The maximum absolute atomic E-state index is 12.2. The molecule has 3 heterocycles. The van der Waals surface area contributed by atoms with E-state index in [1.54, 1.807) is 0 Å². The first-order chi connectivity index (χ1) is 22.3. The van der Waals surface area contributed by atoms with Crippen LogP contribution in [0.1, 0.15) is 99.1 Å². The molecule has 1 radical (unpaired) electrons. The quantitative estimate of drug-likeness (QED) is 0.0958. The van der Waals surface area contributed by atoms with Gasteiger partial charge in [-0.2, -0.15) is 0 Å². The third kappa shape index (κ3) is 6.98. The molecule has 2 aromatic heterocycles. The van der Waals surface area contributed by atoms with Crippen LogP contribution < -0.4 is 4.74 Å². The van der Waals surface area contributed by atoms with E-state index < -0.39 is 0 Å². The predicted molar refractivity (Wildman–Crippen MR) is 194 cm³/mol. The van der Waals surface area contributed by atoms with Crippen LogP contribution in [0.5, 0.6) is 5.75 Å². The molecular weight excluding hydrogens is 775 g/mol. The van der Waals surface area contributed by atoms with Crippen molar-refractivity contribution >= 4 is 38.5 Å². The van der Waals surface area contributed by atoms with E-state index in [4.69, 9.17) is 14.1 Å². The van der Waals surface area contributed by atoms with Crippen molar-refractivity contribution in [3.05, 3.63) is 83.8 Å². The van der Waals surface area contributed by atoms with Gasteiger partial charge in [0.05, 0.1) is 6.61 Å². The van der Waals surface area contributed by atoms with Gasteiger partial charge in [-0.25, -0.2) is 0 Å². The second-order valence-corrected chi connectivity index (χ2v) is 14.5. The van der Waals surface area contributed by atoms with Gasteiger partial charge in [-0.15, -0.1) is 29.1 Å². The topological polar surface area (TPSA) is 72.6 Å². The number of benzene rings is 3. The average molecular weight is 825 g/mol. The standard InChI is InChI=1S/C27H22NO2.C15H28O2.Ir/c1-27(2,3)21-15-17(14-16-6-4-5-7-18(16)21)25-26-20(10-12-28-25)24-19-11-13-29-22(19)8-9-23(24)30-26;1-7-14(5,8-2)12(16)11-13(17)15(6,9-3)10-4;/h4-10,12,15H,11,13H2,1-3H3;11,16H,7-10H2,1-6H3;/q-1;;/b;12-11-;. The van der Waals surface area contributed by atoms with Crippen LogP contribution in [0.25, 0.3) is 44.0 Å². The molecule has 0 atom stereocenters. The van der Waals surface area contributed by atoms with Crippen LogP contribution in [0.3, 0.4) is 0 Å². The summed E-state index contributed by atoms with van der Waals surface area (Å²) in [6, 6.07) is 20.3. The molecule has 0 unspecified atom stereocenters. The SMILES string of the molecule is CC(C)(C)c1cc(-c2nccc3c2oc2ccc4c(c23)CCO4)[c-]c2ccccc12.CCC(C)(CC)C(=O)/C=C(\O)C(C)(CC)CC.[Ir]. The number of hydrogen-bond donors (Lipinski definition) is 1. The average Bonchev–Trinajstić information content (AvgIpc) is 3.71. The van der Waals surface area contributed by atoms with Gasteiger partial charge in [-0.3, -0.25) is 9.78 Å². The Morgan fingerprint density at radius 1 is 0.917 bits per heavy atom. The minimum atomic E-state index is -0.337. The van der Waals surface area contributed by atoms with E-state index in [0.717, 1.165) is 83.0 Å². The van der Waals surface area contributed by atoms with Crippen molar-refractivity contribution in [3.63, 3.8) is 0 Å². The Balaban J connectivity index is 0.000000251. The molecule has 0 bridgehead atoms. The number of aromatic nitrogens is 1. The van der Waals surface area contributed by atoms with E-state index in [0.29, 0.717) is 0 Å². The summed E-state index contributed by atoms with van der Waals surface area (Å²) in [6.07, 6.45) is 7.54. The molecule has 257 valence electrons. The van der Waals surface area contributed by atoms with Crippen molar-refractivity contribution in [1.82, 2.24) is 4.98 Å². The molecule has 0 amide bonds. The van der Waals surface area contributed by atoms with Crippen molar-refractivity contribution in [2.45, 2.75) is 99.8 Å². The Kier molecular flexibility index (Phi) is 11.3. The van der Waals surface area contributed by atoms with E-state index in [9.17, 15) is 9.90 Å². The molecule has 0 fully saturated rings.